The highest BCUT2D eigenvalue weighted by molar-refractivity contribution is 9.10. The molecule has 3 rings (SSSR count). The number of fused-ring (bicyclic) bond motifs is 1. The molecule has 0 unspecified atom stereocenters. The summed E-state index contributed by atoms with van der Waals surface area (Å²) in [4.78, 5) is 4.39. The number of nitrogens with zero attached hydrogens (tertiary/aromatic N) is 3. The second kappa shape index (κ2) is 3.96. The van der Waals surface area contributed by atoms with Crippen LogP contribution in [0, 0.1) is 6.92 Å². The summed E-state index contributed by atoms with van der Waals surface area (Å²) >= 11 is 3.45. The van der Waals surface area contributed by atoms with Crippen LogP contribution < -0.4 is 0 Å². The number of halogens is 1. The summed E-state index contributed by atoms with van der Waals surface area (Å²) in [5, 5.41) is 5.50. The number of pyridine rings is 1. The highest BCUT2D eigenvalue weighted by atomic mass is 79.9. The standard InChI is InChI=1S/C13H10BrN3/c1-9-6-13(15-8-11(9)14)17-12-5-3-2-4-10(12)7-16-17/h2-8H,1H3. The first-order chi connectivity index (χ1) is 8.25. The first-order valence-corrected chi connectivity index (χ1v) is 6.10. The van der Waals surface area contributed by atoms with Crippen molar-refractivity contribution >= 4 is 26.8 Å². The second-order valence-electron chi connectivity index (χ2n) is 3.91. The average Bonchev–Trinajstić information content (AvgIpc) is 2.76. The lowest BCUT2D eigenvalue weighted by Crippen LogP contribution is -1.99. The van der Waals surface area contributed by atoms with Crippen molar-refractivity contribution in [2.75, 3.05) is 0 Å². The van der Waals surface area contributed by atoms with Gasteiger partial charge in [-0.1, -0.05) is 18.2 Å². The van der Waals surface area contributed by atoms with Crippen molar-refractivity contribution in [3.8, 4) is 5.82 Å². The fourth-order valence-electron chi connectivity index (χ4n) is 1.79. The maximum absolute atomic E-state index is 4.39. The Labute approximate surface area is 107 Å². The number of para-hydroxylation sites is 1. The van der Waals surface area contributed by atoms with E-state index >= 15 is 0 Å². The van der Waals surface area contributed by atoms with Gasteiger partial charge in [0.15, 0.2) is 5.82 Å². The highest BCUT2D eigenvalue weighted by Crippen LogP contribution is 2.20. The predicted octanol–water partition coefficient (Wildman–Crippen LogP) is 3.49. The van der Waals surface area contributed by atoms with Crippen LogP contribution in [0.4, 0.5) is 0 Å². The monoisotopic (exact) mass is 287 g/mol. The Morgan fingerprint density at radius 1 is 1.18 bits per heavy atom. The van der Waals surface area contributed by atoms with Gasteiger partial charge in [-0.2, -0.15) is 5.10 Å². The molecule has 17 heavy (non-hydrogen) atoms. The average molecular weight is 288 g/mol. The minimum absolute atomic E-state index is 0.840. The van der Waals surface area contributed by atoms with Crippen LogP contribution >= 0.6 is 15.9 Å². The first kappa shape index (κ1) is 10.5. The summed E-state index contributed by atoms with van der Waals surface area (Å²) < 4.78 is 2.87. The summed E-state index contributed by atoms with van der Waals surface area (Å²) in [5.74, 6) is 0.840. The number of benzene rings is 1. The van der Waals surface area contributed by atoms with E-state index in [1.807, 2.05) is 48.1 Å². The molecule has 0 aliphatic carbocycles. The number of hydrogen-bond donors (Lipinski definition) is 0. The molecule has 0 aliphatic heterocycles. The molecular weight excluding hydrogens is 278 g/mol. The smallest absolute Gasteiger partial charge is 0.154 e. The van der Waals surface area contributed by atoms with Crippen LogP contribution in [0.5, 0.6) is 0 Å². The normalized spacial score (nSPS) is 10.9. The van der Waals surface area contributed by atoms with E-state index < -0.39 is 0 Å². The largest absolute Gasteiger partial charge is 0.236 e. The van der Waals surface area contributed by atoms with Gasteiger partial charge < -0.3 is 0 Å². The van der Waals surface area contributed by atoms with E-state index in [-0.39, 0.29) is 0 Å². The molecule has 0 atom stereocenters. The number of rotatable bonds is 1. The predicted molar refractivity (Wildman–Crippen MR) is 71.3 cm³/mol. The summed E-state index contributed by atoms with van der Waals surface area (Å²) in [5.41, 5.74) is 2.22. The number of hydrogen-bond acceptors (Lipinski definition) is 2. The van der Waals surface area contributed by atoms with E-state index in [1.54, 1.807) is 6.20 Å². The van der Waals surface area contributed by atoms with Crippen molar-refractivity contribution in [2.24, 2.45) is 0 Å². The molecule has 3 nitrogen and oxygen atoms in total. The lowest BCUT2D eigenvalue weighted by molar-refractivity contribution is 0.871. The third kappa shape index (κ3) is 1.74. The zero-order valence-electron chi connectivity index (χ0n) is 9.26. The summed E-state index contributed by atoms with van der Waals surface area (Å²) in [6.07, 6.45) is 3.66. The van der Waals surface area contributed by atoms with Gasteiger partial charge in [-0.25, -0.2) is 9.67 Å². The van der Waals surface area contributed by atoms with Crippen LogP contribution in [-0.4, -0.2) is 14.8 Å². The lowest BCUT2D eigenvalue weighted by atomic mass is 10.2. The molecule has 0 N–H and O–H groups in total. The van der Waals surface area contributed by atoms with E-state index in [0.29, 0.717) is 0 Å². The van der Waals surface area contributed by atoms with Crippen LogP contribution in [0.1, 0.15) is 5.56 Å². The van der Waals surface area contributed by atoms with Crippen molar-refractivity contribution in [3.05, 3.63) is 52.8 Å². The summed E-state index contributed by atoms with van der Waals surface area (Å²) in [7, 11) is 0. The molecule has 0 aliphatic rings. The fraction of sp³-hybridized carbons (Fsp3) is 0.0769. The first-order valence-electron chi connectivity index (χ1n) is 5.31. The topological polar surface area (TPSA) is 30.7 Å². The van der Waals surface area contributed by atoms with Crippen LogP contribution in [0.15, 0.2) is 47.2 Å². The van der Waals surface area contributed by atoms with Gasteiger partial charge in [-0.3, -0.25) is 0 Å². The molecule has 4 heteroatoms. The molecule has 3 aromatic rings. The summed E-state index contributed by atoms with van der Waals surface area (Å²) in [6, 6.07) is 10.1. The zero-order chi connectivity index (χ0) is 11.8. The SMILES string of the molecule is Cc1cc(-n2ncc3ccccc32)ncc1Br. The molecule has 2 heterocycles. The maximum atomic E-state index is 4.39. The van der Waals surface area contributed by atoms with Gasteiger partial charge in [0.05, 0.1) is 11.7 Å². The Bertz CT molecular complexity index is 688. The van der Waals surface area contributed by atoms with Gasteiger partial charge in [0, 0.05) is 16.1 Å². The van der Waals surface area contributed by atoms with Crippen molar-refractivity contribution in [2.45, 2.75) is 6.92 Å². The third-order valence-electron chi connectivity index (χ3n) is 2.73. The molecule has 0 saturated heterocycles. The Morgan fingerprint density at radius 3 is 2.82 bits per heavy atom. The molecule has 0 saturated carbocycles. The Hall–Kier alpha value is -1.68. The molecule has 0 radical (unpaired) electrons. The van der Waals surface area contributed by atoms with E-state index in [2.05, 4.69) is 26.0 Å². The third-order valence-corrected chi connectivity index (χ3v) is 3.56. The molecule has 0 bridgehead atoms. The maximum Gasteiger partial charge on any atom is 0.154 e. The van der Waals surface area contributed by atoms with Crippen LogP contribution in [0.3, 0.4) is 0 Å². The van der Waals surface area contributed by atoms with E-state index in [4.69, 9.17) is 0 Å². The zero-order valence-corrected chi connectivity index (χ0v) is 10.8. The Morgan fingerprint density at radius 2 is 2.00 bits per heavy atom. The van der Waals surface area contributed by atoms with Crippen molar-refractivity contribution in [1.82, 2.24) is 14.8 Å². The second-order valence-corrected chi connectivity index (χ2v) is 4.76. The number of aromatic nitrogens is 3. The lowest BCUT2D eigenvalue weighted by Gasteiger charge is -2.04. The van der Waals surface area contributed by atoms with Gasteiger partial charge in [-0.15, -0.1) is 0 Å². The molecule has 2 aromatic heterocycles. The molecule has 0 fully saturated rings. The molecule has 0 amide bonds. The Kier molecular flexibility index (Phi) is 2.44. The van der Waals surface area contributed by atoms with Crippen molar-refractivity contribution in [1.29, 1.82) is 0 Å². The minimum Gasteiger partial charge on any atom is -0.236 e. The highest BCUT2D eigenvalue weighted by Gasteiger charge is 2.06. The van der Waals surface area contributed by atoms with Crippen molar-refractivity contribution < 1.29 is 0 Å². The van der Waals surface area contributed by atoms with Crippen LogP contribution in [0.2, 0.25) is 0 Å². The summed E-state index contributed by atoms with van der Waals surface area (Å²) in [6.45, 7) is 2.04. The van der Waals surface area contributed by atoms with Gasteiger partial charge in [0.25, 0.3) is 0 Å². The Balaban J connectivity index is 2.24. The van der Waals surface area contributed by atoms with Crippen LogP contribution in [0.25, 0.3) is 16.7 Å². The molecule has 1 aromatic carbocycles. The van der Waals surface area contributed by atoms with Gasteiger partial charge >= 0.3 is 0 Å². The van der Waals surface area contributed by atoms with E-state index in [1.165, 1.54) is 0 Å². The van der Waals surface area contributed by atoms with Gasteiger partial charge in [0.1, 0.15) is 0 Å². The number of aryl methyl sites for hydroxylation is 1. The van der Waals surface area contributed by atoms with Crippen molar-refractivity contribution in [3.63, 3.8) is 0 Å². The minimum atomic E-state index is 0.840. The fourth-order valence-corrected chi connectivity index (χ4v) is 2.01. The quantitative estimate of drug-likeness (QED) is 0.686. The molecule has 84 valence electrons. The van der Waals surface area contributed by atoms with Gasteiger partial charge in [-0.05, 0) is 40.5 Å². The van der Waals surface area contributed by atoms with Crippen LogP contribution in [-0.2, 0) is 0 Å². The van der Waals surface area contributed by atoms with Gasteiger partial charge in [0.2, 0.25) is 0 Å². The van der Waals surface area contributed by atoms with E-state index in [9.17, 15) is 0 Å². The van der Waals surface area contributed by atoms with E-state index in [0.717, 1.165) is 26.8 Å². The molecule has 0 spiro atoms. The molecular formula is C13H10BrN3.